The lowest BCUT2D eigenvalue weighted by atomic mass is 10.0. The van der Waals surface area contributed by atoms with E-state index in [-0.39, 0.29) is 42.7 Å². The Kier molecular flexibility index (Phi) is 6.82. The molecule has 2 aromatic carbocycles. The van der Waals surface area contributed by atoms with Crippen molar-refractivity contribution in [1.29, 1.82) is 0 Å². The van der Waals surface area contributed by atoms with Crippen LogP contribution in [-0.4, -0.2) is 78.5 Å². The molecular weight excluding hydrogens is 480 g/mol. The number of nitrogens with zero attached hydrogens (tertiary/aromatic N) is 4. The molecule has 5 amide bonds. The molecule has 3 aliphatic heterocycles. The Balaban J connectivity index is 1.27. The molecule has 0 aromatic heterocycles. The lowest BCUT2D eigenvalue weighted by Gasteiger charge is -2.39. The van der Waals surface area contributed by atoms with Crippen molar-refractivity contribution in [2.75, 3.05) is 44.7 Å². The highest BCUT2D eigenvalue weighted by molar-refractivity contribution is 5.94. The van der Waals surface area contributed by atoms with E-state index in [1.807, 2.05) is 29.2 Å². The first-order valence-corrected chi connectivity index (χ1v) is 12.4. The lowest BCUT2D eigenvalue weighted by Crippen LogP contribution is -2.53. The SMILES string of the molecule is CN1CC(c2cccc(F)c2F)=CN(CC(=O)N2CCC(N3C(=O)NCCc4ccccc43)CC2)C1=O. The predicted octanol–water partition coefficient (Wildman–Crippen LogP) is 3.44. The first-order valence-electron chi connectivity index (χ1n) is 12.4. The molecule has 2 aromatic rings. The van der Waals surface area contributed by atoms with E-state index in [1.165, 1.54) is 28.1 Å². The maximum absolute atomic E-state index is 14.4. The Morgan fingerprint density at radius 2 is 1.81 bits per heavy atom. The zero-order valence-corrected chi connectivity index (χ0v) is 20.6. The summed E-state index contributed by atoms with van der Waals surface area (Å²) in [4.78, 5) is 44.8. The molecule has 0 bridgehead atoms. The van der Waals surface area contributed by atoms with Gasteiger partial charge in [0.15, 0.2) is 11.6 Å². The van der Waals surface area contributed by atoms with Crippen molar-refractivity contribution in [2.45, 2.75) is 25.3 Å². The summed E-state index contributed by atoms with van der Waals surface area (Å²) in [6.45, 7) is 1.37. The van der Waals surface area contributed by atoms with Crippen molar-refractivity contribution in [1.82, 2.24) is 20.0 Å². The van der Waals surface area contributed by atoms with Gasteiger partial charge in [0.25, 0.3) is 0 Å². The molecule has 0 spiro atoms. The zero-order valence-electron chi connectivity index (χ0n) is 20.6. The van der Waals surface area contributed by atoms with Crippen LogP contribution in [0, 0.1) is 11.6 Å². The van der Waals surface area contributed by atoms with Crippen molar-refractivity contribution >= 4 is 29.2 Å². The summed E-state index contributed by atoms with van der Waals surface area (Å²) in [6.07, 6.45) is 3.42. The third-order valence-electron chi connectivity index (χ3n) is 7.22. The molecule has 3 heterocycles. The van der Waals surface area contributed by atoms with Crippen LogP contribution in [0.5, 0.6) is 0 Å². The van der Waals surface area contributed by atoms with Gasteiger partial charge in [-0.3, -0.25) is 14.6 Å². The second kappa shape index (κ2) is 10.2. The molecule has 8 nitrogen and oxygen atoms in total. The Morgan fingerprint density at radius 1 is 1.05 bits per heavy atom. The zero-order chi connectivity index (χ0) is 26.1. The second-order valence-corrected chi connectivity index (χ2v) is 9.61. The number of amides is 5. The number of halogens is 2. The highest BCUT2D eigenvalue weighted by atomic mass is 19.2. The highest BCUT2D eigenvalue weighted by Crippen LogP contribution is 2.30. The van der Waals surface area contributed by atoms with Crippen LogP contribution in [0.1, 0.15) is 24.0 Å². The van der Waals surface area contributed by atoms with E-state index in [9.17, 15) is 23.2 Å². The number of carbonyl (C=O) groups excluding carboxylic acids is 3. The van der Waals surface area contributed by atoms with Crippen molar-refractivity contribution in [3.05, 3.63) is 71.4 Å². The largest absolute Gasteiger partial charge is 0.341 e. The van der Waals surface area contributed by atoms with Gasteiger partial charge in [-0.25, -0.2) is 18.4 Å². The van der Waals surface area contributed by atoms with Crippen molar-refractivity contribution in [3.63, 3.8) is 0 Å². The molecule has 0 unspecified atom stereocenters. The Labute approximate surface area is 214 Å². The maximum Gasteiger partial charge on any atom is 0.324 e. The van der Waals surface area contributed by atoms with Gasteiger partial charge < -0.3 is 15.1 Å². The summed E-state index contributed by atoms with van der Waals surface area (Å²) in [7, 11) is 1.56. The quantitative estimate of drug-likeness (QED) is 0.686. The maximum atomic E-state index is 14.4. The van der Waals surface area contributed by atoms with Gasteiger partial charge >= 0.3 is 12.1 Å². The van der Waals surface area contributed by atoms with Gasteiger partial charge in [-0.1, -0.05) is 30.3 Å². The van der Waals surface area contributed by atoms with E-state index in [4.69, 9.17) is 0 Å². The van der Waals surface area contributed by atoms with E-state index in [0.717, 1.165) is 23.7 Å². The standard InChI is InChI=1S/C27H29F2N5O3/c1-31-15-19(21-6-4-7-22(28)25(21)29)16-33(27(31)37)17-24(35)32-13-10-20(11-14-32)34-23-8-3-2-5-18(23)9-12-30-26(34)36/h2-8,16,20H,9-15,17H2,1H3,(H,30,36). The number of benzene rings is 2. The molecule has 10 heteroatoms. The van der Waals surface area contributed by atoms with Crippen LogP contribution in [0.2, 0.25) is 0 Å². The van der Waals surface area contributed by atoms with Gasteiger partial charge in [0, 0.05) is 56.7 Å². The number of hydrogen-bond donors (Lipinski definition) is 1. The third-order valence-corrected chi connectivity index (χ3v) is 7.22. The minimum Gasteiger partial charge on any atom is -0.341 e. The monoisotopic (exact) mass is 509 g/mol. The normalized spacial score (nSPS) is 18.8. The average Bonchev–Trinajstić information content (AvgIpc) is 3.06. The van der Waals surface area contributed by atoms with Crippen LogP contribution in [0.3, 0.4) is 0 Å². The van der Waals surface area contributed by atoms with E-state index < -0.39 is 11.6 Å². The van der Waals surface area contributed by atoms with Gasteiger partial charge in [0.1, 0.15) is 6.54 Å². The molecule has 1 N–H and O–H groups in total. The minimum absolute atomic E-state index is 0.0477. The van der Waals surface area contributed by atoms with Crippen molar-refractivity contribution < 1.29 is 23.2 Å². The van der Waals surface area contributed by atoms with Crippen molar-refractivity contribution in [3.8, 4) is 0 Å². The molecule has 0 aliphatic carbocycles. The summed E-state index contributed by atoms with van der Waals surface area (Å²) in [5.41, 5.74) is 2.50. The van der Waals surface area contributed by atoms with Gasteiger partial charge in [-0.2, -0.15) is 0 Å². The molecule has 37 heavy (non-hydrogen) atoms. The molecule has 0 saturated carbocycles. The Morgan fingerprint density at radius 3 is 2.59 bits per heavy atom. The fourth-order valence-electron chi connectivity index (χ4n) is 5.28. The first kappa shape index (κ1) is 24.7. The molecule has 194 valence electrons. The Bertz CT molecular complexity index is 1260. The molecule has 0 atom stereocenters. The number of urea groups is 2. The number of carbonyl (C=O) groups is 3. The molecule has 3 aliphatic rings. The first-order chi connectivity index (χ1) is 17.8. The van der Waals surface area contributed by atoms with Crippen LogP contribution in [-0.2, 0) is 11.2 Å². The Hall–Kier alpha value is -3.95. The summed E-state index contributed by atoms with van der Waals surface area (Å²) < 4.78 is 28.1. The number of anilines is 1. The number of fused-ring (bicyclic) bond motifs is 1. The number of piperidine rings is 1. The smallest absolute Gasteiger partial charge is 0.324 e. The molecule has 1 fully saturated rings. The van der Waals surface area contributed by atoms with Crippen LogP contribution < -0.4 is 10.2 Å². The number of likely N-dealkylation sites (tertiary alicyclic amines) is 1. The van der Waals surface area contributed by atoms with Gasteiger partial charge in [0.2, 0.25) is 5.91 Å². The van der Waals surface area contributed by atoms with Gasteiger partial charge in [0.05, 0.1) is 0 Å². The van der Waals surface area contributed by atoms with Crippen molar-refractivity contribution in [2.24, 2.45) is 0 Å². The number of rotatable bonds is 4. The molecule has 1 saturated heterocycles. The van der Waals surface area contributed by atoms with Crippen LogP contribution in [0.4, 0.5) is 24.1 Å². The van der Waals surface area contributed by atoms with E-state index in [1.54, 1.807) is 11.9 Å². The van der Waals surface area contributed by atoms with E-state index in [0.29, 0.717) is 38.0 Å². The lowest BCUT2D eigenvalue weighted by molar-refractivity contribution is -0.132. The van der Waals surface area contributed by atoms with Crippen LogP contribution in [0.15, 0.2) is 48.7 Å². The van der Waals surface area contributed by atoms with E-state index >= 15 is 0 Å². The second-order valence-electron chi connectivity index (χ2n) is 9.61. The third kappa shape index (κ3) is 4.87. The topological polar surface area (TPSA) is 76.2 Å². The van der Waals surface area contributed by atoms with Crippen LogP contribution in [0.25, 0.3) is 5.57 Å². The summed E-state index contributed by atoms with van der Waals surface area (Å²) >= 11 is 0. The number of para-hydroxylation sites is 1. The van der Waals surface area contributed by atoms with Crippen LogP contribution >= 0.6 is 0 Å². The molecule has 0 radical (unpaired) electrons. The summed E-state index contributed by atoms with van der Waals surface area (Å²) in [6, 6.07) is 11.2. The molecular formula is C27H29F2N5O3. The fraction of sp³-hybridized carbons (Fsp3) is 0.370. The molecule has 5 rings (SSSR count). The fourth-order valence-corrected chi connectivity index (χ4v) is 5.28. The number of nitrogens with one attached hydrogen (secondary N) is 1. The number of hydrogen-bond acceptors (Lipinski definition) is 3. The summed E-state index contributed by atoms with van der Waals surface area (Å²) in [5.74, 6) is -2.19. The average molecular weight is 510 g/mol. The van der Waals surface area contributed by atoms with E-state index in [2.05, 4.69) is 5.32 Å². The summed E-state index contributed by atoms with van der Waals surface area (Å²) in [5, 5.41) is 2.96. The van der Waals surface area contributed by atoms with Gasteiger partial charge in [-0.15, -0.1) is 0 Å². The number of likely N-dealkylation sites (N-methyl/N-ethyl adjacent to an activating group) is 1. The predicted molar refractivity (Wildman–Crippen MR) is 135 cm³/mol. The van der Waals surface area contributed by atoms with Gasteiger partial charge in [-0.05, 0) is 42.5 Å². The minimum atomic E-state index is -0.982. The highest BCUT2D eigenvalue weighted by Gasteiger charge is 2.34.